The number of rotatable bonds is 0. The number of aromatic amines is 2. The van der Waals surface area contributed by atoms with Gasteiger partial charge in [-0.25, -0.2) is 0 Å². The number of hydrogen-bond donors (Lipinski definition) is 2. The van der Waals surface area contributed by atoms with E-state index in [1.165, 1.54) is 0 Å². The second kappa shape index (κ2) is 7.68. The zero-order valence-corrected chi connectivity index (χ0v) is 7.93. The number of aromatic nitrogens is 2. The normalized spacial score (nSPS) is 8.00. The summed E-state index contributed by atoms with van der Waals surface area (Å²) < 4.78 is 0. The van der Waals surface area contributed by atoms with Crippen LogP contribution in [-0.2, 0) is 0 Å². The standard InChI is InChI=1S/C8H9N.C4H5N/c1-2-4-6-8-9-7-5-3-1;1-2-4-5-3-1/h1-9H;1-5H. The quantitative estimate of drug-likeness (QED) is 0.633. The predicted molar refractivity (Wildman–Crippen MR) is 59.2 cm³/mol. The molecule has 2 heterocycles. The Morgan fingerprint density at radius 1 is 0.357 bits per heavy atom. The first kappa shape index (κ1) is 10.1. The molecule has 0 spiro atoms. The fraction of sp³-hybridized carbons (Fsp3) is 0. The molecule has 0 fully saturated rings. The minimum Gasteiger partial charge on any atom is -0.368 e. The first-order chi connectivity index (χ1) is 7.00. The van der Waals surface area contributed by atoms with E-state index in [1.807, 2.05) is 73.3 Å². The van der Waals surface area contributed by atoms with Crippen molar-refractivity contribution in [3.05, 3.63) is 73.3 Å². The van der Waals surface area contributed by atoms with Crippen molar-refractivity contribution < 1.29 is 0 Å². The molecule has 0 amide bonds. The molecule has 0 radical (unpaired) electrons. The summed E-state index contributed by atoms with van der Waals surface area (Å²) in [6, 6.07) is 15.7. The van der Waals surface area contributed by atoms with Crippen molar-refractivity contribution in [1.82, 2.24) is 9.97 Å². The van der Waals surface area contributed by atoms with E-state index in [4.69, 9.17) is 0 Å². The van der Waals surface area contributed by atoms with Gasteiger partial charge in [-0.3, -0.25) is 0 Å². The Bertz CT molecular complexity index is 256. The Hall–Kier alpha value is -1.96. The number of hydrogen-bond acceptors (Lipinski definition) is 0. The third-order valence-corrected chi connectivity index (χ3v) is 1.44. The van der Waals surface area contributed by atoms with Gasteiger partial charge in [-0.1, -0.05) is 24.3 Å². The van der Waals surface area contributed by atoms with Gasteiger partial charge < -0.3 is 9.97 Å². The molecule has 2 N–H and O–H groups in total. The van der Waals surface area contributed by atoms with Crippen LogP contribution in [0.5, 0.6) is 0 Å². The molecular formula is C12H14N2. The van der Waals surface area contributed by atoms with Crippen LogP contribution in [0, 0.1) is 0 Å². The Morgan fingerprint density at radius 2 is 0.643 bits per heavy atom. The average molecular weight is 186 g/mol. The first-order valence-electron chi connectivity index (χ1n) is 4.49. The Morgan fingerprint density at radius 3 is 1.00 bits per heavy atom. The molecule has 0 bridgehead atoms. The largest absolute Gasteiger partial charge is 0.368 e. The minimum atomic E-state index is 1.88. The Balaban J connectivity index is 0.000000165. The molecule has 0 aliphatic heterocycles. The lowest BCUT2D eigenvalue weighted by Gasteiger charge is -1.65. The van der Waals surface area contributed by atoms with Crippen molar-refractivity contribution in [2.45, 2.75) is 0 Å². The first-order valence-corrected chi connectivity index (χ1v) is 4.49. The van der Waals surface area contributed by atoms with Crippen LogP contribution in [-0.4, -0.2) is 9.97 Å². The van der Waals surface area contributed by atoms with E-state index in [-0.39, 0.29) is 0 Å². The zero-order chi connectivity index (χ0) is 9.90. The number of nitrogens with one attached hydrogen (secondary N) is 2. The Labute approximate surface area is 84.0 Å². The molecule has 0 unspecified atom stereocenters. The Kier molecular flexibility index (Phi) is 5.55. The van der Waals surface area contributed by atoms with Crippen LogP contribution in [0.15, 0.2) is 73.3 Å². The monoisotopic (exact) mass is 186 g/mol. The second-order valence-corrected chi connectivity index (χ2v) is 2.54. The van der Waals surface area contributed by atoms with Gasteiger partial charge in [-0.2, -0.15) is 0 Å². The van der Waals surface area contributed by atoms with Crippen LogP contribution in [0.2, 0.25) is 0 Å². The molecule has 2 aromatic heterocycles. The van der Waals surface area contributed by atoms with Gasteiger partial charge in [-0.15, -0.1) is 0 Å². The van der Waals surface area contributed by atoms with E-state index in [0.29, 0.717) is 0 Å². The molecular weight excluding hydrogens is 172 g/mol. The van der Waals surface area contributed by atoms with Gasteiger partial charge in [0.25, 0.3) is 0 Å². The molecule has 72 valence electrons. The molecule has 2 heteroatoms. The SMILES string of the molecule is c1cc[nH]c1.c1cccc[nH]ccc1. The topological polar surface area (TPSA) is 31.6 Å². The fourth-order valence-electron chi connectivity index (χ4n) is 0.812. The van der Waals surface area contributed by atoms with Gasteiger partial charge >= 0.3 is 0 Å². The van der Waals surface area contributed by atoms with E-state index in [2.05, 4.69) is 9.97 Å². The summed E-state index contributed by atoms with van der Waals surface area (Å²) in [5.41, 5.74) is 0. The van der Waals surface area contributed by atoms with Crippen molar-refractivity contribution in [1.29, 1.82) is 0 Å². The summed E-state index contributed by atoms with van der Waals surface area (Å²) in [5.74, 6) is 0. The van der Waals surface area contributed by atoms with Crippen LogP contribution >= 0.6 is 0 Å². The molecule has 2 rings (SSSR count). The molecule has 0 atom stereocenters. The molecule has 0 aliphatic carbocycles. The highest BCUT2D eigenvalue weighted by molar-refractivity contribution is 4.93. The summed E-state index contributed by atoms with van der Waals surface area (Å²) in [4.78, 5) is 5.82. The van der Waals surface area contributed by atoms with Crippen LogP contribution in [0.4, 0.5) is 0 Å². The van der Waals surface area contributed by atoms with E-state index >= 15 is 0 Å². The van der Waals surface area contributed by atoms with Gasteiger partial charge in [0.05, 0.1) is 0 Å². The van der Waals surface area contributed by atoms with E-state index in [1.54, 1.807) is 0 Å². The highest BCUT2D eigenvalue weighted by Gasteiger charge is 1.57. The van der Waals surface area contributed by atoms with E-state index in [9.17, 15) is 0 Å². The van der Waals surface area contributed by atoms with Gasteiger partial charge in [0.1, 0.15) is 0 Å². The lowest BCUT2D eigenvalue weighted by molar-refractivity contribution is 1.36. The molecule has 2 nitrogen and oxygen atoms in total. The van der Waals surface area contributed by atoms with Gasteiger partial charge in [0, 0.05) is 24.8 Å². The van der Waals surface area contributed by atoms with Gasteiger partial charge in [0.2, 0.25) is 0 Å². The summed E-state index contributed by atoms with van der Waals surface area (Å²) in [6.07, 6.45) is 7.50. The van der Waals surface area contributed by atoms with Crippen molar-refractivity contribution in [3.8, 4) is 0 Å². The minimum absolute atomic E-state index is 1.88. The smallest absolute Gasteiger partial charge is 0.000496 e. The van der Waals surface area contributed by atoms with Crippen LogP contribution < -0.4 is 0 Å². The van der Waals surface area contributed by atoms with Crippen LogP contribution in [0.3, 0.4) is 0 Å². The second-order valence-electron chi connectivity index (χ2n) is 2.54. The number of H-pyrrole nitrogens is 2. The third-order valence-electron chi connectivity index (χ3n) is 1.44. The zero-order valence-electron chi connectivity index (χ0n) is 7.93. The molecule has 14 heavy (non-hydrogen) atoms. The summed E-state index contributed by atoms with van der Waals surface area (Å²) in [5, 5.41) is 0. The summed E-state index contributed by atoms with van der Waals surface area (Å²) >= 11 is 0. The maximum atomic E-state index is 2.96. The molecule has 0 saturated heterocycles. The van der Waals surface area contributed by atoms with Crippen molar-refractivity contribution in [2.75, 3.05) is 0 Å². The summed E-state index contributed by atoms with van der Waals surface area (Å²) in [7, 11) is 0. The van der Waals surface area contributed by atoms with E-state index in [0.717, 1.165) is 0 Å². The highest BCUT2D eigenvalue weighted by atomic mass is 14.6. The van der Waals surface area contributed by atoms with Crippen molar-refractivity contribution in [3.63, 3.8) is 0 Å². The third kappa shape index (κ3) is 5.66. The highest BCUT2D eigenvalue weighted by Crippen LogP contribution is 1.76. The molecule has 0 aromatic carbocycles. The molecule has 2 aromatic rings. The lowest BCUT2D eigenvalue weighted by atomic mass is 10.5. The lowest BCUT2D eigenvalue weighted by Crippen LogP contribution is -1.52. The van der Waals surface area contributed by atoms with Crippen LogP contribution in [0.25, 0.3) is 0 Å². The van der Waals surface area contributed by atoms with Crippen molar-refractivity contribution >= 4 is 0 Å². The average Bonchev–Trinajstić information content (AvgIpc) is 2.82. The van der Waals surface area contributed by atoms with E-state index < -0.39 is 0 Å². The fourth-order valence-corrected chi connectivity index (χ4v) is 0.812. The van der Waals surface area contributed by atoms with Crippen molar-refractivity contribution in [2.24, 2.45) is 0 Å². The summed E-state index contributed by atoms with van der Waals surface area (Å²) in [6.45, 7) is 0. The van der Waals surface area contributed by atoms with Gasteiger partial charge in [-0.05, 0) is 24.3 Å². The molecule has 0 saturated carbocycles. The van der Waals surface area contributed by atoms with Gasteiger partial charge in [0.15, 0.2) is 0 Å². The molecule has 0 aliphatic rings. The maximum Gasteiger partial charge on any atom is 0.000496 e. The maximum absolute atomic E-state index is 2.96. The van der Waals surface area contributed by atoms with Crippen LogP contribution in [0.1, 0.15) is 0 Å². The predicted octanol–water partition coefficient (Wildman–Crippen LogP) is 3.15.